The molecule has 6 heteroatoms. The van der Waals surface area contributed by atoms with Crippen molar-refractivity contribution in [2.45, 2.75) is 18.4 Å². The molecular formula is C21H20N4O2. The highest BCUT2D eigenvalue weighted by Crippen LogP contribution is 2.49. The maximum absolute atomic E-state index is 12.9. The van der Waals surface area contributed by atoms with Crippen molar-refractivity contribution >= 4 is 17.6 Å². The molecule has 1 saturated heterocycles. The predicted molar refractivity (Wildman–Crippen MR) is 100 cm³/mol. The fraction of sp³-hybridized carbons (Fsp3) is 0.333. The first-order valence-electron chi connectivity index (χ1n) is 9.33. The van der Waals surface area contributed by atoms with E-state index in [9.17, 15) is 9.59 Å². The van der Waals surface area contributed by atoms with Crippen LogP contribution in [0, 0.1) is 11.8 Å². The Morgan fingerprint density at radius 3 is 2.78 bits per heavy atom. The van der Waals surface area contributed by atoms with Crippen molar-refractivity contribution in [2.75, 3.05) is 13.1 Å². The Labute approximate surface area is 157 Å². The molecule has 2 aromatic rings. The van der Waals surface area contributed by atoms with Crippen molar-refractivity contribution in [1.29, 1.82) is 0 Å². The number of carbonyl (C=O) groups excluding carboxylic acids is 2. The number of rotatable bonds is 2. The van der Waals surface area contributed by atoms with E-state index in [2.05, 4.69) is 10.3 Å². The van der Waals surface area contributed by atoms with Gasteiger partial charge in [0.05, 0.1) is 5.56 Å². The van der Waals surface area contributed by atoms with Crippen molar-refractivity contribution in [3.8, 4) is 0 Å². The minimum Gasteiger partial charge on any atom is -0.338 e. The first-order valence-corrected chi connectivity index (χ1v) is 9.33. The van der Waals surface area contributed by atoms with Gasteiger partial charge in [-0.05, 0) is 30.9 Å². The monoisotopic (exact) mass is 360 g/mol. The highest BCUT2D eigenvalue weighted by Gasteiger charge is 2.59. The Bertz CT molecular complexity index is 928. The van der Waals surface area contributed by atoms with Crippen LogP contribution < -0.4 is 5.32 Å². The topological polar surface area (TPSA) is 74.7 Å². The van der Waals surface area contributed by atoms with E-state index in [-0.39, 0.29) is 17.7 Å². The molecule has 2 fully saturated rings. The second kappa shape index (κ2) is 6.01. The van der Waals surface area contributed by atoms with Gasteiger partial charge in [-0.2, -0.15) is 0 Å². The van der Waals surface area contributed by atoms with Crippen LogP contribution in [0.4, 0.5) is 0 Å². The number of carbonyl (C=O) groups is 2. The number of fused-ring (bicyclic) bond motifs is 2. The van der Waals surface area contributed by atoms with Crippen LogP contribution in [-0.2, 0) is 4.79 Å². The number of benzene rings is 1. The zero-order chi connectivity index (χ0) is 18.4. The fourth-order valence-corrected chi connectivity index (χ4v) is 4.78. The number of amidine groups is 1. The number of hydrogen-bond acceptors (Lipinski definition) is 4. The number of nitrogens with one attached hydrogen (secondary N) is 1. The molecule has 3 heterocycles. The number of amides is 2. The zero-order valence-electron chi connectivity index (χ0n) is 14.8. The van der Waals surface area contributed by atoms with Crippen LogP contribution in [0.25, 0.3) is 0 Å². The van der Waals surface area contributed by atoms with Gasteiger partial charge in [-0.25, -0.2) is 0 Å². The Morgan fingerprint density at radius 1 is 1.15 bits per heavy atom. The molecule has 0 bridgehead atoms. The van der Waals surface area contributed by atoms with Crippen molar-refractivity contribution in [3.63, 3.8) is 0 Å². The summed E-state index contributed by atoms with van der Waals surface area (Å²) < 4.78 is 0. The van der Waals surface area contributed by atoms with E-state index in [1.807, 2.05) is 35.2 Å². The van der Waals surface area contributed by atoms with Gasteiger partial charge in [-0.15, -0.1) is 0 Å². The van der Waals surface area contributed by atoms with Crippen LogP contribution in [0.1, 0.15) is 28.8 Å². The van der Waals surface area contributed by atoms with Crippen LogP contribution in [0.5, 0.6) is 0 Å². The lowest BCUT2D eigenvalue weighted by molar-refractivity contribution is -0.124. The molecule has 1 spiro atoms. The van der Waals surface area contributed by atoms with E-state index < -0.39 is 5.54 Å². The summed E-state index contributed by atoms with van der Waals surface area (Å²) in [5.41, 5.74) is 0.781. The normalized spacial score (nSPS) is 29.0. The summed E-state index contributed by atoms with van der Waals surface area (Å²) in [6.07, 6.45) is 4.92. The van der Waals surface area contributed by atoms with E-state index in [0.717, 1.165) is 18.4 Å². The standard InChI is InChI=1S/C21H20N4O2/c26-19(15-7-4-10-22-11-15)25-12-16-8-9-21(17(16)13-25)20(27)23-18(24-21)14-5-2-1-3-6-14/h1-7,10-11,16-17H,8-9,12-13H2,(H,23,24,27)/t16-,17+,21-/m0/s1. The largest absolute Gasteiger partial charge is 0.338 e. The Hall–Kier alpha value is -3.02. The molecule has 0 unspecified atom stereocenters. The van der Waals surface area contributed by atoms with Gasteiger partial charge in [-0.3, -0.25) is 19.6 Å². The lowest BCUT2D eigenvalue weighted by Crippen LogP contribution is -2.45. The SMILES string of the molecule is O=C(c1cccnc1)N1C[C@@H]2CC[C@]3(N=C(c4ccccc4)NC3=O)[C@@H]2C1. The number of aromatic nitrogens is 1. The van der Waals surface area contributed by atoms with E-state index in [4.69, 9.17) is 4.99 Å². The fourth-order valence-electron chi connectivity index (χ4n) is 4.78. The molecule has 6 nitrogen and oxygen atoms in total. The third-order valence-electron chi connectivity index (χ3n) is 6.13. The highest BCUT2D eigenvalue weighted by atomic mass is 16.2. The van der Waals surface area contributed by atoms with E-state index >= 15 is 0 Å². The number of likely N-dealkylation sites (tertiary alicyclic amines) is 1. The zero-order valence-corrected chi connectivity index (χ0v) is 14.8. The predicted octanol–water partition coefficient (Wildman–Crippen LogP) is 1.88. The molecule has 3 atom stereocenters. The quantitative estimate of drug-likeness (QED) is 0.889. The van der Waals surface area contributed by atoms with Gasteiger partial charge in [-0.1, -0.05) is 30.3 Å². The molecule has 1 aliphatic carbocycles. The molecule has 0 radical (unpaired) electrons. The van der Waals surface area contributed by atoms with Crippen LogP contribution >= 0.6 is 0 Å². The van der Waals surface area contributed by atoms with Gasteiger partial charge in [0.15, 0.2) is 0 Å². The minimum atomic E-state index is -0.736. The molecule has 136 valence electrons. The number of nitrogens with zero attached hydrogens (tertiary/aromatic N) is 3. The molecule has 5 rings (SSSR count). The van der Waals surface area contributed by atoms with Gasteiger partial charge in [0.1, 0.15) is 11.4 Å². The van der Waals surface area contributed by atoms with E-state index in [1.54, 1.807) is 24.5 Å². The number of pyridine rings is 1. The van der Waals surface area contributed by atoms with E-state index in [1.165, 1.54) is 0 Å². The van der Waals surface area contributed by atoms with Gasteiger partial charge < -0.3 is 10.2 Å². The van der Waals surface area contributed by atoms with Crippen LogP contribution in [-0.4, -0.2) is 46.2 Å². The van der Waals surface area contributed by atoms with Crippen molar-refractivity contribution in [1.82, 2.24) is 15.2 Å². The van der Waals surface area contributed by atoms with Gasteiger partial charge in [0.25, 0.3) is 11.8 Å². The molecule has 2 aliphatic heterocycles. The van der Waals surface area contributed by atoms with E-state index in [0.29, 0.717) is 30.4 Å². The van der Waals surface area contributed by atoms with Crippen molar-refractivity contribution < 1.29 is 9.59 Å². The minimum absolute atomic E-state index is 0.0154. The summed E-state index contributed by atoms with van der Waals surface area (Å²) in [7, 11) is 0. The summed E-state index contributed by atoms with van der Waals surface area (Å²) in [6, 6.07) is 13.3. The first-order chi connectivity index (χ1) is 13.2. The van der Waals surface area contributed by atoms with Crippen molar-refractivity contribution in [2.24, 2.45) is 16.8 Å². The summed E-state index contributed by atoms with van der Waals surface area (Å²) >= 11 is 0. The van der Waals surface area contributed by atoms with Gasteiger partial charge >= 0.3 is 0 Å². The molecule has 1 aromatic carbocycles. The lowest BCUT2D eigenvalue weighted by atomic mass is 9.85. The molecule has 1 aromatic heterocycles. The van der Waals surface area contributed by atoms with Crippen LogP contribution in [0.2, 0.25) is 0 Å². The maximum Gasteiger partial charge on any atom is 0.255 e. The second-order valence-electron chi connectivity index (χ2n) is 7.56. The van der Waals surface area contributed by atoms with Crippen LogP contribution in [0.15, 0.2) is 59.9 Å². The summed E-state index contributed by atoms with van der Waals surface area (Å²) in [4.78, 5) is 36.5. The summed E-state index contributed by atoms with van der Waals surface area (Å²) in [5, 5.41) is 2.99. The molecule has 1 saturated carbocycles. The maximum atomic E-state index is 12.9. The molecular weight excluding hydrogens is 340 g/mol. The Morgan fingerprint density at radius 2 is 2.00 bits per heavy atom. The van der Waals surface area contributed by atoms with Gasteiger partial charge in [0.2, 0.25) is 0 Å². The van der Waals surface area contributed by atoms with Crippen molar-refractivity contribution in [3.05, 3.63) is 66.0 Å². The Kier molecular flexibility index (Phi) is 3.60. The molecule has 3 aliphatic rings. The highest BCUT2D eigenvalue weighted by molar-refractivity contribution is 6.15. The number of hydrogen-bond donors (Lipinski definition) is 1. The average Bonchev–Trinajstić information content (AvgIpc) is 3.38. The smallest absolute Gasteiger partial charge is 0.255 e. The first kappa shape index (κ1) is 16.2. The number of aliphatic imine (C=N–C) groups is 1. The third-order valence-corrected chi connectivity index (χ3v) is 6.13. The molecule has 1 N–H and O–H groups in total. The van der Waals surface area contributed by atoms with Crippen LogP contribution in [0.3, 0.4) is 0 Å². The molecule has 2 amide bonds. The summed E-state index contributed by atoms with van der Waals surface area (Å²) in [5.74, 6) is 0.996. The lowest BCUT2D eigenvalue weighted by Gasteiger charge is -2.25. The third kappa shape index (κ3) is 2.47. The Balaban J connectivity index is 1.42. The second-order valence-corrected chi connectivity index (χ2v) is 7.56. The average molecular weight is 360 g/mol. The van der Waals surface area contributed by atoms with Gasteiger partial charge in [0, 0.05) is 37.0 Å². The molecule has 27 heavy (non-hydrogen) atoms. The summed E-state index contributed by atoms with van der Waals surface area (Å²) in [6.45, 7) is 1.25.